The third-order valence-electron chi connectivity index (χ3n) is 3.92. The highest BCUT2D eigenvalue weighted by molar-refractivity contribution is 5.86. The zero-order valence-corrected chi connectivity index (χ0v) is 12.8. The molecule has 0 spiro atoms. The molecule has 0 saturated heterocycles. The molecule has 1 unspecified atom stereocenters. The van der Waals surface area contributed by atoms with Gasteiger partial charge in [-0.1, -0.05) is 45.4 Å². The number of carbonyl (C=O) groups excluding carboxylic acids is 1. The summed E-state index contributed by atoms with van der Waals surface area (Å²) < 4.78 is 5.25. The second-order valence-corrected chi connectivity index (χ2v) is 5.48. The molecule has 4 heteroatoms. The van der Waals surface area contributed by atoms with E-state index in [1.165, 1.54) is 0 Å². The number of para-hydroxylation sites is 1. The smallest absolute Gasteiger partial charge is 0.412 e. The van der Waals surface area contributed by atoms with E-state index in [9.17, 15) is 4.79 Å². The van der Waals surface area contributed by atoms with Crippen molar-refractivity contribution in [3.8, 4) is 0 Å². The summed E-state index contributed by atoms with van der Waals surface area (Å²) in [7, 11) is 0. The van der Waals surface area contributed by atoms with Crippen LogP contribution < -0.4 is 5.32 Å². The van der Waals surface area contributed by atoms with Gasteiger partial charge in [0.25, 0.3) is 0 Å². The molecule has 21 heavy (non-hydrogen) atoms. The number of aromatic nitrogens is 1. The molecule has 4 nitrogen and oxygen atoms in total. The molecule has 2 rings (SSSR count). The SMILES string of the molecule is CCC(C)[C@@H](C)COC(=O)Nc1ccc2ccccc2n1. The average Bonchev–Trinajstić information content (AvgIpc) is 2.51. The molecule has 2 aromatic rings. The number of hydrogen-bond donors (Lipinski definition) is 1. The van der Waals surface area contributed by atoms with E-state index in [1.807, 2.05) is 30.3 Å². The van der Waals surface area contributed by atoms with Gasteiger partial charge in [0.2, 0.25) is 0 Å². The first-order valence-electron chi connectivity index (χ1n) is 7.39. The minimum Gasteiger partial charge on any atom is -0.449 e. The van der Waals surface area contributed by atoms with Gasteiger partial charge in [-0.3, -0.25) is 5.32 Å². The molecule has 1 heterocycles. The number of pyridine rings is 1. The largest absolute Gasteiger partial charge is 0.449 e. The van der Waals surface area contributed by atoms with Crippen molar-refractivity contribution in [2.24, 2.45) is 11.8 Å². The Morgan fingerprint density at radius 1 is 1.19 bits per heavy atom. The molecule has 1 N–H and O–H groups in total. The lowest BCUT2D eigenvalue weighted by Crippen LogP contribution is -2.21. The van der Waals surface area contributed by atoms with E-state index in [2.05, 4.69) is 31.1 Å². The Morgan fingerprint density at radius 3 is 2.71 bits per heavy atom. The van der Waals surface area contributed by atoms with Crippen molar-refractivity contribution in [3.05, 3.63) is 36.4 Å². The predicted molar refractivity (Wildman–Crippen MR) is 85.3 cm³/mol. The van der Waals surface area contributed by atoms with Crippen LogP contribution in [-0.2, 0) is 4.74 Å². The van der Waals surface area contributed by atoms with Gasteiger partial charge < -0.3 is 4.74 Å². The van der Waals surface area contributed by atoms with Crippen LogP contribution in [0.1, 0.15) is 27.2 Å². The topological polar surface area (TPSA) is 51.2 Å². The van der Waals surface area contributed by atoms with Crippen LogP contribution in [0, 0.1) is 11.8 Å². The predicted octanol–water partition coefficient (Wildman–Crippen LogP) is 4.47. The van der Waals surface area contributed by atoms with Crippen molar-refractivity contribution in [2.45, 2.75) is 27.2 Å². The molecule has 0 fully saturated rings. The van der Waals surface area contributed by atoms with Crippen molar-refractivity contribution in [1.29, 1.82) is 0 Å². The Bertz CT molecular complexity index is 613. The summed E-state index contributed by atoms with van der Waals surface area (Å²) in [6.07, 6.45) is 0.631. The molecule has 1 aromatic heterocycles. The highest BCUT2D eigenvalue weighted by Crippen LogP contribution is 2.16. The molecule has 0 saturated carbocycles. The van der Waals surface area contributed by atoms with Crippen LogP contribution in [0.3, 0.4) is 0 Å². The fraction of sp³-hybridized carbons (Fsp3) is 0.412. The first-order valence-corrected chi connectivity index (χ1v) is 7.39. The second kappa shape index (κ2) is 7.07. The summed E-state index contributed by atoms with van der Waals surface area (Å²) >= 11 is 0. The normalized spacial score (nSPS) is 13.7. The van der Waals surface area contributed by atoms with E-state index in [4.69, 9.17) is 4.74 Å². The number of hydrogen-bond acceptors (Lipinski definition) is 3. The van der Waals surface area contributed by atoms with Gasteiger partial charge in [-0.2, -0.15) is 0 Å². The summed E-state index contributed by atoms with van der Waals surface area (Å²) in [6, 6.07) is 11.5. The molecule has 2 atom stereocenters. The van der Waals surface area contributed by atoms with E-state index in [1.54, 1.807) is 6.07 Å². The van der Waals surface area contributed by atoms with Crippen molar-refractivity contribution < 1.29 is 9.53 Å². The van der Waals surface area contributed by atoms with E-state index in [0.29, 0.717) is 24.3 Å². The number of ether oxygens (including phenoxy) is 1. The fourth-order valence-electron chi connectivity index (χ4n) is 2.05. The van der Waals surface area contributed by atoms with Crippen LogP contribution >= 0.6 is 0 Å². The van der Waals surface area contributed by atoms with Crippen LogP contribution in [0.2, 0.25) is 0 Å². The molecule has 0 aliphatic rings. The lowest BCUT2D eigenvalue weighted by molar-refractivity contribution is 0.129. The first kappa shape index (κ1) is 15.3. The fourth-order valence-corrected chi connectivity index (χ4v) is 2.05. The maximum absolute atomic E-state index is 11.8. The van der Waals surface area contributed by atoms with E-state index < -0.39 is 6.09 Å². The molecular formula is C17H22N2O2. The van der Waals surface area contributed by atoms with Crippen molar-refractivity contribution in [1.82, 2.24) is 4.98 Å². The number of nitrogens with one attached hydrogen (secondary N) is 1. The minimum atomic E-state index is -0.451. The summed E-state index contributed by atoms with van der Waals surface area (Å²) in [4.78, 5) is 16.2. The van der Waals surface area contributed by atoms with Gasteiger partial charge in [0.15, 0.2) is 0 Å². The zero-order chi connectivity index (χ0) is 15.2. The van der Waals surface area contributed by atoms with Crippen LogP contribution in [0.4, 0.5) is 10.6 Å². The maximum atomic E-state index is 11.8. The Labute approximate surface area is 125 Å². The van der Waals surface area contributed by atoms with Crippen molar-refractivity contribution in [3.63, 3.8) is 0 Å². The van der Waals surface area contributed by atoms with Gasteiger partial charge in [0.1, 0.15) is 5.82 Å². The van der Waals surface area contributed by atoms with Crippen molar-refractivity contribution in [2.75, 3.05) is 11.9 Å². The van der Waals surface area contributed by atoms with Gasteiger partial charge in [-0.15, -0.1) is 0 Å². The van der Waals surface area contributed by atoms with E-state index in [-0.39, 0.29) is 0 Å². The van der Waals surface area contributed by atoms with Gasteiger partial charge in [-0.05, 0) is 30.0 Å². The number of rotatable bonds is 5. The Morgan fingerprint density at radius 2 is 1.95 bits per heavy atom. The number of fused-ring (bicyclic) bond motifs is 1. The second-order valence-electron chi connectivity index (χ2n) is 5.48. The summed E-state index contributed by atoms with van der Waals surface area (Å²) in [5.74, 6) is 1.40. The number of benzene rings is 1. The Balaban J connectivity index is 1.92. The third kappa shape index (κ3) is 4.18. The van der Waals surface area contributed by atoms with Gasteiger partial charge in [-0.25, -0.2) is 9.78 Å². The Hall–Kier alpha value is -2.10. The van der Waals surface area contributed by atoms with Crippen LogP contribution in [0.25, 0.3) is 10.9 Å². The van der Waals surface area contributed by atoms with Crippen LogP contribution in [-0.4, -0.2) is 17.7 Å². The number of carbonyl (C=O) groups is 1. The van der Waals surface area contributed by atoms with Crippen LogP contribution in [0.15, 0.2) is 36.4 Å². The summed E-state index contributed by atoms with van der Waals surface area (Å²) in [6.45, 7) is 6.82. The summed E-state index contributed by atoms with van der Waals surface area (Å²) in [5, 5.41) is 3.72. The molecule has 1 aromatic carbocycles. The quantitative estimate of drug-likeness (QED) is 0.882. The summed E-state index contributed by atoms with van der Waals surface area (Å²) in [5.41, 5.74) is 0.850. The number of amides is 1. The molecule has 1 amide bonds. The minimum absolute atomic E-state index is 0.352. The number of nitrogens with zero attached hydrogens (tertiary/aromatic N) is 1. The van der Waals surface area contributed by atoms with Crippen molar-refractivity contribution >= 4 is 22.8 Å². The lowest BCUT2D eigenvalue weighted by atomic mass is 9.95. The Kier molecular flexibility index (Phi) is 5.14. The third-order valence-corrected chi connectivity index (χ3v) is 3.92. The highest BCUT2D eigenvalue weighted by Gasteiger charge is 2.13. The van der Waals surface area contributed by atoms with E-state index in [0.717, 1.165) is 17.3 Å². The van der Waals surface area contributed by atoms with E-state index >= 15 is 0 Å². The molecule has 0 radical (unpaired) electrons. The zero-order valence-electron chi connectivity index (χ0n) is 12.8. The molecule has 112 valence electrons. The van der Waals surface area contributed by atoms with Gasteiger partial charge >= 0.3 is 6.09 Å². The molecule has 0 aliphatic carbocycles. The first-order chi connectivity index (χ1) is 10.1. The standard InChI is InChI=1S/C17H22N2O2/c1-4-12(2)13(3)11-21-17(20)19-16-10-9-14-7-5-6-8-15(14)18-16/h5-10,12-13H,4,11H2,1-3H3,(H,18,19,20)/t12?,13-/m0/s1. The monoisotopic (exact) mass is 286 g/mol. The molecule has 0 aliphatic heterocycles. The average molecular weight is 286 g/mol. The highest BCUT2D eigenvalue weighted by atomic mass is 16.5. The molecular weight excluding hydrogens is 264 g/mol. The van der Waals surface area contributed by atoms with Gasteiger partial charge in [0.05, 0.1) is 12.1 Å². The molecule has 0 bridgehead atoms. The number of anilines is 1. The lowest BCUT2D eigenvalue weighted by Gasteiger charge is -2.18. The van der Waals surface area contributed by atoms with Gasteiger partial charge in [0, 0.05) is 5.39 Å². The van der Waals surface area contributed by atoms with Crippen LogP contribution in [0.5, 0.6) is 0 Å². The maximum Gasteiger partial charge on any atom is 0.412 e.